The fourth-order valence-corrected chi connectivity index (χ4v) is 3.39. The van der Waals surface area contributed by atoms with E-state index in [1.807, 2.05) is 30.2 Å². The minimum absolute atomic E-state index is 0.332. The van der Waals surface area contributed by atoms with E-state index in [9.17, 15) is 0 Å². The van der Waals surface area contributed by atoms with Gasteiger partial charge in [0, 0.05) is 44.2 Å². The van der Waals surface area contributed by atoms with Gasteiger partial charge in [0.15, 0.2) is 0 Å². The minimum Gasteiger partial charge on any atom is -0.381 e. The summed E-state index contributed by atoms with van der Waals surface area (Å²) in [5.74, 6) is 0.332. The van der Waals surface area contributed by atoms with E-state index in [1.165, 1.54) is 5.69 Å². The van der Waals surface area contributed by atoms with Crippen molar-refractivity contribution in [2.75, 3.05) is 19.8 Å². The highest BCUT2D eigenvalue weighted by atomic mass is 32.1. The molecule has 6 nitrogen and oxygen atoms in total. The largest absolute Gasteiger partial charge is 0.381 e. The van der Waals surface area contributed by atoms with Crippen molar-refractivity contribution in [2.45, 2.75) is 25.9 Å². The Labute approximate surface area is 122 Å². The zero-order valence-electron chi connectivity index (χ0n) is 11.8. The summed E-state index contributed by atoms with van der Waals surface area (Å²) < 4.78 is 7.52. The maximum atomic E-state index is 5.63. The molecule has 0 aromatic carbocycles. The Morgan fingerprint density at radius 3 is 3.15 bits per heavy atom. The predicted octanol–water partition coefficient (Wildman–Crippen LogP) is 1.41. The van der Waals surface area contributed by atoms with Crippen LogP contribution in [0.1, 0.15) is 29.2 Å². The number of hydrogen-bond donors (Lipinski definition) is 0. The van der Waals surface area contributed by atoms with E-state index >= 15 is 0 Å². The average molecular weight is 293 g/mol. The van der Waals surface area contributed by atoms with Crippen molar-refractivity contribution in [2.24, 2.45) is 7.05 Å². The number of ether oxygens (including phenoxy) is 1. The van der Waals surface area contributed by atoms with Crippen molar-refractivity contribution < 1.29 is 4.74 Å². The van der Waals surface area contributed by atoms with Crippen molar-refractivity contribution in [3.8, 4) is 0 Å². The first-order valence-corrected chi connectivity index (χ1v) is 7.72. The average Bonchev–Trinajstić information content (AvgIpc) is 3.07. The zero-order valence-corrected chi connectivity index (χ0v) is 12.6. The normalized spacial score (nSPS) is 19.2. The lowest BCUT2D eigenvalue weighted by Gasteiger charge is -2.31. The molecule has 0 saturated carbocycles. The van der Waals surface area contributed by atoms with Gasteiger partial charge in [-0.15, -0.1) is 16.4 Å². The summed E-state index contributed by atoms with van der Waals surface area (Å²) in [6.45, 7) is 6.16. The van der Waals surface area contributed by atoms with Gasteiger partial charge in [0.1, 0.15) is 10.7 Å². The van der Waals surface area contributed by atoms with E-state index in [4.69, 9.17) is 4.74 Å². The molecular formula is C13H19N5OS. The molecule has 1 atom stereocenters. The molecule has 3 heterocycles. The van der Waals surface area contributed by atoms with Crippen LogP contribution in [0.15, 0.2) is 11.6 Å². The molecule has 0 spiro atoms. The van der Waals surface area contributed by atoms with Crippen LogP contribution in [0.5, 0.6) is 0 Å². The summed E-state index contributed by atoms with van der Waals surface area (Å²) in [5.41, 5.74) is 2.29. The quantitative estimate of drug-likeness (QED) is 0.834. The van der Waals surface area contributed by atoms with E-state index in [-0.39, 0.29) is 0 Å². The molecule has 2 aromatic rings. The van der Waals surface area contributed by atoms with Crippen molar-refractivity contribution in [1.29, 1.82) is 0 Å². The maximum absolute atomic E-state index is 5.63. The predicted molar refractivity (Wildman–Crippen MR) is 76.5 cm³/mol. The van der Waals surface area contributed by atoms with Crippen molar-refractivity contribution in [1.82, 2.24) is 24.9 Å². The molecule has 1 aliphatic heterocycles. The summed E-state index contributed by atoms with van der Waals surface area (Å²) in [6, 6.07) is 0. The summed E-state index contributed by atoms with van der Waals surface area (Å²) in [4.78, 5) is 6.74. The van der Waals surface area contributed by atoms with Crippen LogP contribution in [-0.4, -0.2) is 44.6 Å². The standard InChI is InChI=1S/C13H19N5OS/c1-3-19-9-10-6-18(8-12-14-4-5-20-12)7-11-13(10)17(2)16-15-11/h4-5,10H,3,6-9H2,1-2H3. The van der Waals surface area contributed by atoms with Gasteiger partial charge in [0.2, 0.25) is 0 Å². The molecule has 1 aliphatic rings. The first-order chi connectivity index (χ1) is 9.78. The molecule has 0 saturated heterocycles. The van der Waals surface area contributed by atoms with Gasteiger partial charge in [0.25, 0.3) is 0 Å². The third-order valence-electron chi connectivity index (χ3n) is 3.55. The summed E-state index contributed by atoms with van der Waals surface area (Å²) in [6.07, 6.45) is 1.86. The van der Waals surface area contributed by atoms with Gasteiger partial charge in [0.05, 0.1) is 18.8 Å². The molecule has 20 heavy (non-hydrogen) atoms. The third-order valence-corrected chi connectivity index (χ3v) is 4.31. The molecule has 0 N–H and O–H groups in total. The van der Waals surface area contributed by atoms with Gasteiger partial charge >= 0.3 is 0 Å². The summed E-state index contributed by atoms with van der Waals surface area (Å²) >= 11 is 1.70. The van der Waals surface area contributed by atoms with Crippen LogP contribution >= 0.6 is 11.3 Å². The Hall–Kier alpha value is -1.31. The Bertz CT molecular complexity index is 553. The molecule has 0 bridgehead atoms. The van der Waals surface area contributed by atoms with Gasteiger partial charge in [-0.2, -0.15) is 0 Å². The van der Waals surface area contributed by atoms with Crippen LogP contribution in [0.4, 0.5) is 0 Å². The first-order valence-electron chi connectivity index (χ1n) is 6.84. The maximum Gasteiger partial charge on any atom is 0.107 e. The lowest BCUT2D eigenvalue weighted by Crippen LogP contribution is -2.36. The summed E-state index contributed by atoms with van der Waals surface area (Å²) in [5, 5.41) is 11.6. The SMILES string of the molecule is CCOCC1CN(Cc2nccs2)Cc2nnn(C)c21. The molecule has 3 rings (SSSR count). The summed E-state index contributed by atoms with van der Waals surface area (Å²) in [7, 11) is 1.96. The van der Waals surface area contributed by atoms with E-state index < -0.39 is 0 Å². The van der Waals surface area contributed by atoms with E-state index in [0.29, 0.717) is 5.92 Å². The lowest BCUT2D eigenvalue weighted by atomic mass is 9.99. The van der Waals surface area contributed by atoms with Crippen LogP contribution in [0.2, 0.25) is 0 Å². The molecule has 108 valence electrons. The molecule has 7 heteroatoms. The van der Waals surface area contributed by atoms with E-state index in [0.717, 1.165) is 43.5 Å². The van der Waals surface area contributed by atoms with Crippen LogP contribution in [0, 0.1) is 0 Å². The fraction of sp³-hybridized carbons (Fsp3) is 0.615. The second-order valence-corrected chi connectivity index (χ2v) is 5.98. The molecule has 1 unspecified atom stereocenters. The Balaban J connectivity index is 1.77. The number of nitrogens with zero attached hydrogens (tertiary/aromatic N) is 5. The first kappa shape index (κ1) is 13.7. The molecule has 0 fully saturated rings. The molecule has 0 amide bonds. The highest BCUT2D eigenvalue weighted by molar-refractivity contribution is 7.09. The lowest BCUT2D eigenvalue weighted by molar-refractivity contribution is 0.102. The van der Waals surface area contributed by atoms with Crippen molar-refractivity contribution in [3.63, 3.8) is 0 Å². The Morgan fingerprint density at radius 1 is 1.50 bits per heavy atom. The van der Waals surface area contributed by atoms with Gasteiger partial charge in [-0.3, -0.25) is 9.58 Å². The number of thiazole rings is 1. The topological polar surface area (TPSA) is 56.1 Å². The van der Waals surface area contributed by atoms with E-state index in [2.05, 4.69) is 20.2 Å². The minimum atomic E-state index is 0.332. The zero-order chi connectivity index (χ0) is 13.9. The number of aryl methyl sites for hydroxylation is 1. The third kappa shape index (κ3) is 2.74. The number of aromatic nitrogens is 4. The highest BCUT2D eigenvalue weighted by Gasteiger charge is 2.30. The molecule has 2 aromatic heterocycles. The Morgan fingerprint density at radius 2 is 2.40 bits per heavy atom. The second-order valence-electron chi connectivity index (χ2n) is 5.00. The number of rotatable bonds is 5. The van der Waals surface area contributed by atoms with Crippen molar-refractivity contribution >= 4 is 11.3 Å². The van der Waals surface area contributed by atoms with Gasteiger partial charge in [-0.1, -0.05) is 5.21 Å². The van der Waals surface area contributed by atoms with Crippen LogP contribution in [0.25, 0.3) is 0 Å². The molecular weight excluding hydrogens is 274 g/mol. The number of hydrogen-bond acceptors (Lipinski definition) is 6. The Kier molecular flexibility index (Phi) is 4.09. The van der Waals surface area contributed by atoms with Gasteiger partial charge < -0.3 is 4.74 Å². The highest BCUT2D eigenvalue weighted by Crippen LogP contribution is 2.28. The molecule has 0 radical (unpaired) electrons. The fourth-order valence-electron chi connectivity index (χ4n) is 2.73. The van der Waals surface area contributed by atoms with E-state index in [1.54, 1.807) is 11.3 Å². The molecule has 0 aliphatic carbocycles. The van der Waals surface area contributed by atoms with Crippen LogP contribution in [-0.2, 0) is 24.9 Å². The van der Waals surface area contributed by atoms with Crippen molar-refractivity contribution in [3.05, 3.63) is 28.0 Å². The van der Waals surface area contributed by atoms with Crippen LogP contribution < -0.4 is 0 Å². The van der Waals surface area contributed by atoms with Gasteiger partial charge in [-0.25, -0.2) is 4.98 Å². The smallest absolute Gasteiger partial charge is 0.107 e. The number of fused-ring (bicyclic) bond motifs is 1. The van der Waals surface area contributed by atoms with Crippen LogP contribution in [0.3, 0.4) is 0 Å². The second kappa shape index (κ2) is 5.99. The van der Waals surface area contributed by atoms with Gasteiger partial charge in [-0.05, 0) is 6.92 Å². The monoisotopic (exact) mass is 293 g/mol.